The molecule has 1 aliphatic rings. The molecule has 0 radical (unpaired) electrons. The zero-order valence-electron chi connectivity index (χ0n) is 11.9. The van der Waals surface area contributed by atoms with Gasteiger partial charge in [0.1, 0.15) is 0 Å². The number of amides is 2. The molecule has 1 atom stereocenters. The van der Waals surface area contributed by atoms with Gasteiger partial charge in [0.15, 0.2) is 0 Å². The minimum absolute atomic E-state index is 0.0158. The molecular weight excluding hydrogens is 246 g/mol. The van der Waals surface area contributed by atoms with Gasteiger partial charge in [-0.05, 0) is 19.4 Å². The van der Waals surface area contributed by atoms with Gasteiger partial charge in [-0.25, -0.2) is 4.79 Å². The predicted octanol–water partition coefficient (Wildman–Crippen LogP) is 0.977. The van der Waals surface area contributed by atoms with Crippen LogP contribution in [0.3, 0.4) is 0 Å². The number of piperazine rings is 1. The number of carbonyl (C=O) groups is 2. The molecule has 0 aliphatic carbocycles. The standard InChI is InChI=1S/C13H25N3O3/c1-3-5-15-6-8-16(9-7-15)13(19)14-11(4-2)10-12(17)18/h11H,3-10H2,1-2H3,(H,14,19)(H,17,18). The molecule has 2 N–H and O–H groups in total. The van der Waals surface area contributed by atoms with Crippen molar-refractivity contribution in [2.75, 3.05) is 32.7 Å². The highest BCUT2D eigenvalue weighted by molar-refractivity contribution is 5.76. The molecule has 0 aromatic rings. The Hall–Kier alpha value is -1.30. The first-order valence-corrected chi connectivity index (χ1v) is 7.06. The van der Waals surface area contributed by atoms with Crippen molar-refractivity contribution in [3.8, 4) is 0 Å². The van der Waals surface area contributed by atoms with E-state index in [9.17, 15) is 9.59 Å². The number of nitrogens with one attached hydrogen (secondary N) is 1. The van der Waals surface area contributed by atoms with Crippen LogP contribution in [0, 0.1) is 0 Å². The number of carbonyl (C=O) groups excluding carboxylic acids is 1. The second kappa shape index (κ2) is 7.99. The quantitative estimate of drug-likeness (QED) is 0.755. The number of carboxylic acid groups (broad SMARTS) is 1. The molecule has 6 nitrogen and oxygen atoms in total. The van der Waals surface area contributed by atoms with E-state index in [1.165, 1.54) is 0 Å². The minimum Gasteiger partial charge on any atom is -0.481 e. The monoisotopic (exact) mass is 271 g/mol. The Labute approximate surface area is 114 Å². The summed E-state index contributed by atoms with van der Waals surface area (Å²) in [6.45, 7) is 8.34. The molecule has 0 saturated carbocycles. The van der Waals surface area contributed by atoms with E-state index < -0.39 is 5.97 Å². The Morgan fingerprint density at radius 3 is 2.32 bits per heavy atom. The molecule has 19 heavy (non-hydrogen) atoms. The van der Waals surface area contributed by atoms with E-state index in [1.807, 2.05) is 6.92 Å². The van der Waals surface area contributed by atoms with Crippen LogP contribution in [0.1, 0.15) is 33.1 Å². The Kier molecular flexibility index (Phi) is 6.62. The molecule has 1 aliphatic heterocycles. The van der Waals surface area contributed by atoms with Gasteiger partial charge in [-0.2, -0.15) is 0 Å². The zero-order chi connectivity index (χ0) is 14.3. The lowest BCUT2D eigenvalue weighted by Gasteiger charge is -2.35. The topological polar surface area (TPSA) is 72.9 Å². The van der Waals surface area contributed by atoms with Crippen molar-refractivity contribution >= 4 is 12.0 Å². The molecule has 0 aromatic heterocycles. The van der Waals surface area contributed by atoms with Crippen molar-refractivity contribution in [3.05, 3.63) is 0 Å². The summed E-state index contributed by atoms with van der Waals surface area (Å²) in [5, 5.41) is 11.6. The fourth-order valence-electron chi connectivity index (χ4n) is 2.26. The molecule has 1 saturated heterocycles. The number of carboxylic acids is 1. The number of nitrogens with zero attached hydrogens (tertiary/aromatic N) is 2. The number of urea groups is 1. The average molecular weight is 271 g/mol. The summed E-state index contributed by atoms with van der Waals surface area (Å²) in [4.78, 5) is 26.8. The molecule has 1 fully saturated rings. The van der Waals surface area contributed by atoms with Gasteiger partial charge in [0.25, 0.3) is 0 Å². The van der Waals surface area contributed by atoms with Crippen molar-refractivity contribution in [2.24, 2.45) is 0 Å². The van der Waals surface area contributed by atoms with Crippen LogP contribution in [-0.4, -0.2) is 65.7 Å². The number of hydrogen-bond acceptors (Lipinski definition) is 3. The van der Waals surface area contributed by atoms with Crippen LogP contribution in [-0.2, 0) is 4.79 Å². The van der Waals surface area contributed by atoms with Gasteiger partial charge in [-0.1, -0.05) is 13.8 Å². The third-order valence-electron chi connectivity index (χ3n) is 3.44. The Bertz CT molecular complexity index is 302. The first-order valence-electron chi connectivity index (χ1n) is 7.06. The highest BCUT2D eigenvalue weighted by Gasteiger charge is 2.22. The summed E-state index contributed by atoms with van der Waals surface area (Å²) in [7, 11) is 0. The summed E-state index contributed by atoms with van der Waals surface area (Å²) in [5.41, 5.74) is 0. The van der Waals surface area contributed by atoms with Crippen LogP contribution in [0.15, 0.2) is 0 Å². The maximum atomic E-state index is 12.0. The van der Waals surface area contributed by atoms with Gasteiger partial charge >= 0.3 is 12.0 Å². The highest BCUT2D eigenvalue weighted by Crippen LogP contribution is 2.05. The van der Waals surface area contributed by atoms with E-state index in [1.54, 1.807) is 4.90 Å². The van der Waals surface area contributed by atoms with E-state index in [0.29, 0.717) is 6.42 Å². The van der Waals surface area contributed by atoms with Gasteiger partial charge < -0.3 is 15.3 Å². The summed E-state index contributed by atoms with van der Waals surface area (Å²) in [6, 6.07) is -0.414. The van der Waals surface area contributed by atoms with Crippen molar-refractivity contribution in [1.29, 1.82) is 0 Å². The molecule has 1 unspecified atom stereocenters. The molecule has 1 rings (SSSR count). The largest absolute Gasteiger partial charge is 0.481 e. The van der Waals surface area contributed by atoms with Gasteiger partial charge in [-0.15, -0.1) is 0 Å². The Morgan fingerprint density at radius 1 is 1.21 bits per heavy atom. The molecular formula is C13H25N3O3. The summed E-state index contributed by atoms with van der Waals surface area (Å²) >= 11 is 0. The molecule has 0 spiro atoms. The lowest BCUT2D eigenvalue weighted by Crippen LogP contribution is -2.53. The van der Waals surface area contributed by atoms with Crippen molar-refractivity contribution in [2.45, 2.75) is 39.2 Å². The third kappa shape index (κ3) is 5.46. The fraction of sp³-hybridized carbons (Fsp3) is 0.846. The number of hydrogen-bond donors (Lipinski definition) is 2. The molecule has 1 heterocycles. The van der Waals surface area contributed by atoms with Crippen LogP contribution in [0.25, 0.3) is 0 Å². The van der Waals surface area contributed by atoms with Crippen LogP contribution in [0.4, 0.5) is 4.79 Å². The van der Waals surface area contributed by atoms with E-state index >= 15 is 0 Å². The normalized spacial score (nSPS) is 18.1. The molecule has 6 heteroatoms. The highest BCUT2D eigenvalue weighted by atomic mass is 16.4. The number of rotatable bonds is 6. The van der Waals surface area contributed by atoms with E-state index in [0.717, 1.165) is 39.1 Å². The molecule has 2 amide bonds. The maximum Gasteiger partial charge on any atom is 0.317 e. The first kappa shape index (κ1) is 15.8. The molecule has 0 aromatic carbocycles. The van der Waals surface area contributed by atoms with Crippen LogP contribution in [0.5, 0.6) is 0 Å². The molecule has 110 valence electrons. The SMILES string of the molecule is CCCN1CCN(C(=O)NC(CC)CC(=O)O)CC1. The lowest BCUT2D eigenvalue weighted by molar-refractivity contribution is -0.137. The van der Waals surface area contributed by atoms with Crippen LogP contribution in [0.2, 0.25) is 0 Å². The Balaban J connectivity index is 2.35. The Morgan fingerprint density at radius 2 is 1.84 bits per heavy atom. The summed E-state index contributed by atoms with van der Waals surface area (Å²) < 4.78 is 0. The van der Waals surface area contributed by atoms with E-state index in [2.05, 4.69) is 17.1 Å². The van der Waals surface area contributed by atoms with Crippen LogP contribution < -0.4 is 5.32 Å². The van der Waals surface area contributed by atoms with Crippen molar-refractivity contribution < 1.29 is 14.7 Å². The fourth-order valence-corrected chi connectivity index (χ4v) is 2.26. The van der Waals surface area contributed by atoms with Gasteiger partial charge in [0.05, 0.1) is 6.42 Å². The maximum absolute atomic E-state index is 12.0. The zero-order valence-corrected chi connectivity index (χ0v) is 11.9. The average Bonchev–Trinajstić information content (AvgIpc) is 2.38. The third-order valence-corrected chi connectivity index (χ3v) is 3.44. The van der Waals surface area contributed by atoms with Gasteiger partial charge in [0, 0.05) is 32.2 Å². The second-order valence-corrected chi connectivity index (χ2v) is 4.98. The van der Waals surface area contributed by atoms with Gasteiger partial charge in [-0.3, -0.25) is 9.69 Å². The van der Waals surface area contributed by atoms with Crippen molar-refractivity contribution in [3.63, 3.8) is 0 Å². The van der Waals surface area contributed by atoms with E-state index in [4.69, 9.17) is 5.11 Å². The van der Waals surface area contributed by atoms with E-state index in [-0.39, 0.29) is 18.5 Å². The lowest BCUT2D eigenvalue weighted by atomic mass is 10.1. The van der Waals surface area contributed by atoms with Gasteiger partial charge in [0.2, 0.25) is 0 Å². The first-order chi connectivity index (χ1) is 9.06. The summed E-state index contributed by atoms with van der Waals surface area (Å²) in [6.07, 6.45) is 1.74. The second-order valence-electron chi connectivity index (χ2n) is 4.98. The number of aliphatic carboxylic acids is 1. The smallest absolute Gasteiger partial charge is 0.317 e. The molecule has 0 bridgehead atoms. The van der Waals surface area contributed by atoms with Crippen molar-refractivity contribution in [1.82, 2.24) is 15.1 Å². The summed E-state index contributed by atoms with van der Waals surface area (Å²) in [5.74, 6) is -0.875. The van der Waals surface area contributed by atoms with Crippen LogP contribution >= 0.6 is 0 Å². The predicted molar refractivity (Wildman–Crippen MR) is 73.2 cm³/mol. The minimum atomic E-state index is -0.875.